The highest BCUT2D eigenvalue weighted by molar-refractivity contribution is 6.00. The van der Waals surface area contributed by atoms with Crippen molar-refractivity contribution in [3.8, 4) is 11.5 Å². The summed E-state index contributed by atoms with van der Waals surface area (Å²) in [6.45, 7) is 0.787. The van der Waals surface area contributed by atoms with Crippen LogP contribution in [0.5, 0.6) is 11.5 Å². The van der Waals surface area contributed by atoms with Crippen LogP contribution >= 0.6 is 0 Å². The third-order valence-electron chi connectivity index (χ3n) is 5.10. The van der Waals surface area contributed by atoms with Crippen molar-refractivity contribution in [3.63, 3.8) is 0 Å². The Morgan fingerprint density at radius 2 is 2.18 bits per heavy atom. The molecule has 6 nitrogen and oxygen atoms in total. The minimum Gasteiger partial charge on any atom is -0.491 e. The molecule has 0 bridgehead atoms. The molecule has 0 aliphatic carbocycles. The first-order valence-electron chi connectivity index (χ1n) is 9.25. The van der Waals surface area contributed by atoms with Gasteiger partial charge in [0.25, 0.3) is 0 Å². The lowest BCUT2D eigenvalue weighted by molar-refractivity contribution is -0.131. The maximum Gasteiger partial charge on any atom is 0.247 e. The van der Waals surface area contributed by atoms with Crippen LogP contribution in [0.4, 0.5) is 10.1 Å². The Bertz CT molecular complexity index is 931. The second kappa shape index (κ2) is 7.50. The third kappa shape index (κ3) is 3.65. The quantitative estimate of drug-likeness (QED) is 0.861. The number of nitrogens with one attached hydrogen (secondary N) is 1. The van der Waals surface area contributed by atoms with Crippen molar-refractivity contribution in [2.75, 3.05) is 19.0 Å². The van der Waals surface area contributed by atoms with Crippen molar-refractivity contribution in [2.45, 2.75) is 31.9 Å². The van der Waals surface area contributed by atoms with Crippen LogP contribution < -0.4 is 14.8 Å². The number of carbonyl (C=O) groups is 2. The Labute approximate surface area is 162 Å². The molecule has 2 heterocycles. The SMILES string of the molecule is CN1C(=O)CCC1C(=O)Nc1cc(COc2cccc(F)c2)cc2c1OCC2. The van der Waals surface area contributed by atoms with E-state index in [-0.39, 0.29) is 24.2 Å². The van der Waals surface area contributed by atoms with E-state index in [9.17, 15) is 14.0 Å². The number of rotatable bonds is 5. The van der Waals surface area contributed by atoms with Gasteiger partial charge in [-0.25, -0.2) is 4.39 Å². The fourth-order valence-electron chi connectivity index (χ4n) is 3.60. The Morgan fingerprint density at radius 1 is 1.32 bits per heavy atom. The van der Waals surface area contributed by atoms with Crippen LogP contribution in [0.2, 0.25) is 0 Å². The van der Waals surface area contributed by atoms with E-state index in [1.165, 1.54) is 17.0 Å². The number of likely N-dealkylation sites (N-methyl/N-ethyl adjacent to an activating group) is 1. The van der Waals surface area contributed by atoms with E-state index in [4.69, 9.17) is 9.47 Å². The van der Waals surface area contributed by atoms with Gasteiger partial charge in [-0.3, -0.25) is 9.59 Å². The van der Waals surface area contributed by atoms with Crippen molar-refractivity contribution in [1.82, 2.24) is 4.90 Å². The molecule has 4 rings (SSSR count). The van der Waals surface area contributed by atoms with Crippen LogP contribution in [0, 0.1) is 5.82 Å². The average Bonchev–Trinajstić information content (AvgIpc) is 3.27. The molecule has 7 heteroatoms. The van der Waals surface area contributed by atoms with Crippen LogP contribution in [-0.2, 0) is 22.6 Å². The van der Waals surface area contributed by atoms with Gasteiger partial charge in [-0.1, -0.05) is 6.07 Å². The summed E-state index contributed by atoms with van der Waals surface area (Å²) >= 11 is 0. The zero-order chi connectivity index (χ0) is 19.7. The van der Waals surface area contributed by atoms with Crippen molar-refractivity contribution >= 4 is 17.5 Å². The molecule has 0 saturated carbocycles. The molecule has 2 aliphatic rings. The number of likely N-dealkylation sites (tertiary alicyclic amines) is 1. The number of ether oxygens (including phenoxy) is 2. The van der Waals surface area contributed by atoms with Gasteiger partial charge in [-0.05, 0) is 36.2 Å². The van der Waals surface area contributed by atoms with Gasteiger partial charge in [-0.2, -0.15) is 0 Å². The third-order valence-corrected chi connectivity index (χ3v) is 5.10. The number of fused-ring (bicyclic) bond motifs is 1. The lowest BCUT2D eigenvalue weighted by atomic mass is 10.1. The summed E-state index contributed by atoms with van der Waals surface area (Å²) in [6.07, 6.45) is 1.63. The zero-order valence-corrected chi connectivity index (χ0v) is 15.5. The standard InChI is InChI=1S/C21H21FN2O4/c1-24-18(5-6-19(24)25)21(26)23-17-10-13(9-14-7-8-27-20(14)17)12-28-16-4-2-3-15(22)11-16/h2-4,9-11,18H,5-8,12H2,1H3,(H,23,26). The number of anilines is 1. The second-order valence-electron chi connectivity index (χ2n) is 7.02. The second-order valence-corrected chi connectivity index (χ2v) is 7.02. The normalized spacial score (nSPS) is 18.0. The number of nitrogens with zero attached hydrogens (tertiary/aromatic N) is 1. The van der Waals surface area contributed by atoms with Gasteiger partial charge in [0.15, 0.2) is 0 Å². The number of benzene rings is 2. The highest BCUT2D eigenvalue weighted by atomic mass is 19.1. The molecule has 2 aromatic carbocycles. The van der Waals surface area contributed by atoms with E-state index in [0.29, 0.717) is 36.6 Å². The van der Waals surface area contributed by atoms with Gasteiger partial charge in [0.05, 0.1) is 12.3 Å². The van der Waals surface area contributed by atoms with Gasteiger partial charge in [0.1, 0.15) is 30.0 Å². The van der Waals surface area contributed by atoms with Gasteiger partial charge in [0.2, 0.25) is 11.8 Å². The van der Waals surface area contributed by atoms with E-state index in [1.807, 2.05) is 6.07 Å². The highest BCUT2D eigenvalue weighted by Crippen LogP contribution is 2.36. The number of hydrogen-bond acceptors (Lipinski definition) is 4. The molecule has 2 amide bonds. The predicted molar refractivity (Wildman–Crippen MR) is 101 cm³/mol. The Hall–Kier alpha value is -3.09. The maximum absolute atomic E-state index is 13.3. The van der Waals surface area contributed by atoms with Crippen LogP contribution in [0.25, 0.3) is 0 Å². The molecule has 1 N–H and O–H groups in total. The summed E-state index contributed by atoms with van der Waals surface area (Å²) in [4.78, 5) is 25.8. The van der Waals surface area contributed by atoms with E-state index >= 15 is 0 Å². The van der Waals surface area contributed by atoms with E-state index in [0.717, 1.165) is 17.5 Å². The number of carbonyl (C=O) groups excluding carboxylic acids is 2. The van der Waals surface area contributed by atoms with E-state index in [1.54, 1.807) is 25.2 Å². The summed E-state index contributed by atoms with van der Waals surface area (Å²) < 4.78 is 24.7. The predicted octanol–water partition coefficient (Wildman–Crippen LogP) is 2.90. The molecule has 1 unspecified atom stereocenters. The van der Waals surface area contributed by atoms with E-state index < -0.39 is 6.04 Å². The Morgan fingerprint density at radius 3 is 2.93 bits per heavy atom. The summed E-state index contributed by atoms with van der Waals surface area (Å²) in [6, 6.07) is 9.27. The minimum absolute atomic E-state index is 0.0288. The Balaban J connectivity index is 1.52. The van der Waals surface area contributed by atoms with Gasteiger partial charge < -0.3 is 19.7 Å². The molecule has 0 spiro atoms. The van der Waals surface area contributed by atoms with Crippen molar-refractivity contribution in [1.29, 1.82) is 0 Å². The molecule has 1 atom stereocenters. The molecule has 1 fully saturated rings. The lowest BCUT2D eigenvalue weighted by Gasteiger charge is -2.20. The van der Waals surface area contributed by atoms with Gasteiger partial charge in [0, 0.05) is 31.5 Å². The zero-order valence-electron chi connectivity index (χ0n) is 15.5. The van der Waals surface area contributed by atoms with E-state index in [2.05, 4.69) is 5.32 Å². The molecular formula is C21H21FN2O4. The fourth-order valence-corrected chi connectivity index (χ4v) is 3.60. The molecule has 146 valence electrons. The highest BCUT2D eigenvalue weighted by Gasteiger charge is 2.34. The number of amides is 2. The van der Waals surface area contributed by atoms with Crippen molar-refractivity contribution < 1.29 is 23.5 Å². The molecule has 1 saturated heterocycles. The molecule has 0 aromatic heterocycles. The average molecular weight is 384 g/mol. The Kier molecular flexibility index (Phi) is 4.90. The molecule has 2 aliphatic heterocycles. The number of hydrogen-bond donors (Lipinski definition) is 1. The smallest absolute Gasteiger partial charge is 0.247 e. The first-order chi connectivity index (χ1) is 13.5. The van der Waals surface area contributed by atoms with Crippen LogP contribution in [0.1, 0.15) is 24.0 Å². The monoisotopic (exact) mass is 384 g/mol. The number of halogens is 1. The first kappa shape index (κ1) is 18.3. The fraction of sp³-hybridized carbons (Fsp3) is 0.333. The summed E-state index contributed by atoms with van der Waals surface area (Å²) in [7, 11) is 1.64. The molecule has 28 heavy (non-hydrogen) atoms. The van der Waals surface area contributed by atoms with Gasteiger partial charge >= 0.3 is 0 Å². The lowest BCUT2D eigenvalue weighted by Crippen LogP contribution is -2.38. The van der Waals surface area contributed by atoms with Crippen LogP contribution in [0.15, 0.2) is 36.4 Å². The first-order valence-corrected chi connectivity index (χ1v) is 9.25. The topological polar surface area (TPSA) is 67.9 Å². The summed E-state index contributed by atoms with van der Waals surface area (Å²) in [5.74, 6) is 0.486. The minimum atomic E-state index is -0.475. The largest absolute Gasteiger partial charge is 0.491 e. The summed E-state index contributed by atoms with van der Waals surface area (Å²) in [5, 5.41) is 2.91. The molecule has 2 aromatic rings. The summed E-state index contributed by atoms with van der Waals surface area (Å²) in [5.41, 5.74) is 2.41. The van der Waals surface area contributed by atoms with Crippen LogP contribution in [0.3, 0.4) is 0 Å². The van der Waals surface area contributed by atoms with Crippen molar-refractivity contribution in [3.05, 3.63) is 53.3 Å². The van der Waals surface area contributed by atoms with Gasteiger partial charge in [-0.15, -0.1) is 0 Å². The molecular weight excluding hydrogens is 363 g/mol. The maximum atomic E-state index is 13.3. The van der Waals surface area contributed by atoms with Crippen molar-refractivity contribution in [2.24, 2.45) is 0 Å². The molecule has 0 radical (unpaired) electrons. The van der Waals surface area contributed by atoms with Crippen LogP contribution in [-0.4, -0.2) is 36.4 Å².